The summed E-state index contributed by atoms with van der Waals surface area (Å²) in [5, 5.41) is 4.21. The van der Waals surface area contributed by atoms with E-state index in [-0.39, 0.29) is 0 Å². The SMILES string of the molecule is FC(F)Sc1ccccc1NCc1cc(Cl)cc(Cl)c1. The second-order valence-corrected chi connectivity index (χ2v) is 5.91. The molecule has 106 valence electrons. The largest absolute Gasteiger partial charge is 0.380 e. The maximum absolute atomic E-state index is 12.5. The second-order valence-electron chi connectivity index (χ2n) is 4.01. The number of para-hydroxylation sites is 1. The summed E-state index contributed by atoms with van der Waals surface area (Å²) in [4.78, 5) is 0.510. The number of nitrogens with one attached hydrogen (secondary N) is 1. The minimum atomic E-state index is -2.45. The van der Waals surface area contributed by atoms with E-state index in [1.54, 1.807) is 42.5 Å². The van der Waals surface area contributed by atoms with E-state index in [9.17, 15) is 8.78 Å². The summed E-state index contributed by atoms with van der Waals surface area (Å²) < 4.78 is 24.9. The van der Waals surface area contributed by atoms with E-state index in [2.05, 4.69) is 5.32 Å². The fraction of sp³-hybridized carbons (Fsp3) is 0.143. The van der Waals surface area contributed by atoms with Crippen LogP contribution in [0.2, 0.25) is 10.0 Å². The molecule has 20 heavy (non-hydrogen) atoms. The Balaban J connectivity index is 2.10. The molecule has 2 aromatic rings. The Morgan fingerprint density at radius 2 is 1.70 bits per heavy atom. The molecule has 2 aromatic carbocycles. The van der Waals surface area contributed by atoms with Gasteiger partial charge in [-0.1, -0.05) is 47.1 Å². The maximum atomic E-state index is 12.5. The molecule has 1 N–H and O–H groups in total. The lowest BCUT2D eigenvalue weighted by Gasteiger charge is -2.11. The van der Waals surface area contributed by atoms with E-state index in [1.165, 1.54) is 0 Å². The van der Waals surface area contributed by atoms with Gasteiger partial charge >= 0.3 is 0 Å². The van der Waals surface area contributed by atoms with Crippen molar-refractivity contribution in [3.05, 3.63) is 58.1 Å². The van der Waals surface area contributed by atoms with E-state index in [1.807, 2.05) is 0 Å². The van der Waals surface area contributed by atoms with Gasteiger partial charge in [-0.2, -0.15) is 8.78 Å². The molecule has 0 atom stereocenters. The van der Waals surface area contributed by atoms with E-state index >= 15 is 0 Å². The lowest BCUT2D eigenvalue weighted by atomic mass is 10.2. The highest BCUT2D eigenvalue weighted by Crippen LogP contribution is 2.32. The zero-order valence-electron chi connectivity index (χ0n) is 10.2. The first-order valence-electron chi connectivity index (χ1n) is 5.77. The Labute approximate surface area is 130 Å². The van der Waals surface area contributed by atoms with Gasteiger partial charge in [-0.15, -0.1) is 0 Å². The minimum absolute atomic E-state index is 0.459. The molecule has 0 aliphatic carbocycles. The molecule has 0 spiro atoms. The molecule has 0 aromatic heterocycles. The van der Waals surface area contributed by atoms with Crippen LogP contribution in [0, 0.1) is 0 Å². The highest BCUT2D eigenvalue weighted by Gasteiger charge is 2.09. The van der Waals surface area contributed by atoms with E-state index in [4.69, 9.17) is 23.2 Å². The molecule has 0 heterocycles. The third-order valence-corrected chi connectivity index (χ3v) is 3.73. The highest BCUT2D eigenvalue weighted by molar-refractivity contribution is 7.99. The Morgan fingerprint density at radius 1 is 1.05 bits per heavy atom. The Morgan fingerprint density at radius 3 is 2.35 bits per heavy atom. The number of rotatable bonds is 5. The average Bonchev–Trinajstić information content (AvgIpc) is 2.36. The predicted molar refractivity (Wildman–Crippen MR) is 82.1 cm³/mol. The van der Waals surface area contributed by atoms with Gasteiger partial charge in [-0.05, 0) is 35.9 Å². The van der Waals surface area contributed by atoms with Crippen LogP contribution in [0.4, 0.5) is 14.5 Å². The number of alkyl halides is 2. The van der Waals surface area contributed by atoms with Crippen molar-refractivity contribution in [2.45, 2.75) is 17.2 Å². The molecule has 0 aliphatic rings. The van der Waals surface area contributed by atoms with Crippen LogP contribution < -0.4 is 5.32 Å². The molecule has 1 nitrogen and oxygen atoms in total. The van der Waals surface area contributed by atoms with Gasteiger partial charge in [0.25, 0.3) is 5.76 Å². The second kappa shape index (κ2) is 7.16. The van der Waals surface area contributed by atoms with Gasteiger partial charge in [-0.3, -0.25) is 0 Å². The predicted octanol–water partition coefficient (Wildman–Crippen LogP) is 5.92. The normalized spacial score (nSPS) is 10.8. The topological polar surface area (TPSA) is 12.0 Å². The summed E-state index contributed by atoms with van der Waals surface area (Å²) in [5.41, 5.74) is 1.55. The summed E-state index contributed by atoms with van der Waals surface area (Å²) in [5.74, 6) is -2.45. The molecule has 0 amide bonds. The van der Waals surface area contributed by atoms with Crippen LogP contribution in [-0.2, 0) is 6.54 Å². The molecule has 0 fully saturated rings. The minimum Gasteiger partial charge on any atom is -0.380 e. The highest BCUT2D eigenvalue weighted by atomic mass is 35.5. The maximum Gasteiger partial charge on any atom is 0.288 e. The third-order valence-electron chi connectivity index (χ3n) is 2.51. The quantitative estimate of drug-likeness (QED) is 0.681. The summed E-state index contributed by atoms with van der Waals surface area (Å²) in [6.07, 6.45) is 0. The van der Waals surface area contributed by atoms with Crippen molar-refractivity contribution < 1.29 is 8.78 Å². The van der Waals surface area contributed by atoms with Crippen LogP contribution >= 0.6 is 35.0 Å². The van der Waals surface area contributed by atoms with Crippen LogP contribution in [0.15, 0.2) is 47.4 Å². The monoisotopic (exact) mass is 333 g/mol. The van der Waals surface area contributed by atoms with Crippen LogP contribution in [0.25, 0.3) is 0 Å². The van der Waals surface area contributed by atoms with Crippen LogP contribution in [-0.4, -0.2) is 5.76 Å². The number of halogens is 4. The van der Waals surface area contributed by atoms with E-state index in [0.29, 0.717) is 38.9 Å². The van der Waals surface area contributed by atoms with Gasteiger partial charge in [0, 0.05) is 27.2 Å². The van der Waals surface area contributed by atoms with Gasteiger partial charge in [0.1, 0.15) is 0 Å². The van der Waals surface area contributed by atoms with Crippen molar-refractivity contribution >= 4 is 40.7 Å². The molecular formula is C14H11Cl2F2NS. The molecule has 0 saturated carbocycles. The Bertz CT molecular complexity index is 573. The fourth-order valence-corrected chi connectivity index (χ4v) is 2.91. The fourth-order valence-electron chi connectivity index (χ4n) is 1.72. The third kappa shape index (κ3) is 4.54. The molecule has 2 rings (SSSR count). The zero-order valence-corrected chi connectivity index (χ0v) is 12.6. The summed E-state index contributed by atoms with van der Waals surface area (Å²) >= 11 is 12.4. The van der Waals surface area contributed by atoms with Crippen molar-refractivity contribution in [1.29, 1.82) is 0 Å². The molecule has 0 radical (unpaired) electrons. The van der Waals surface area contributed by atoms with Crippen molar-refractivity contribution in [2.24, 2.45) is 0 Å². The lowest BCUT2D eigenvalue weighted by molar-refractivity contribution is 0.252. The molecule has 6 heteroatoms. The van der Waals surface area contributed by atoms with Gasteiger partial charge in [0.05, 0.1) is 0 Å². The average molecular weight is 334 g/mol. The zero-order chi connectivity index (χ0) is 14.5. The first-order chi connectivity index (χ1) is 9.54. The first kappa shape index (κ1) is 15.4. The smallest absolute Gasteiger partial charge is 0.288 e. The van der Waals surface area contributed by atoms with Crippen molar-refractivity contribution in [3.8, 4) is 0 Å². The van der Waals surface area contributed by atoms with Gasteiger partial charge in [-0.25, -0.2) is 0 Å². The molecule has 0 aliphatic heterocycles. The van der Waals surface area contributed by atoms with Crippen LogP contribution in [0.3, 0.4) is 0 Å². The van der Waals surface area contributed by atoms with Crippen molar-refractivity contribution in [1.82, 2.24) is 0 Å². The summed E-state index contributed by atoms with van der Waals surface area (Å²) in [6.45, 7) is 0.459. The number of benzene rings is 2. The molecular weight excluding hydrogens is 323 g/mol. The van der Waals surface area contributed by atoms with E-state index in [0.717, 1.165) is 5.56 Å². The van der Waals surface area contributed by atoms with Crippen LogP contribution in [0.1, 0.15) is 5.56 Å². The van der Waals surface area contributed by atoms with Gasteiger partial charge < -0.3 is 5.32 Å². The number of hydrogen-bond donors (Lipinski definition) is 1. The summed E-state index contributed by atoms with van der Waals surface area (Å²) in [6, 6.07) is 12.1. The van der Waals surface area contributed by atoms with Crippen molar-refractivity contribution in [2.75, 3.05) is 5.32 Å². The van der Waals surface area contributed by atoms with Gasteiger partial charge in [0.15, 0.2) is 0 Å². The molecule has 0 saturated heterocycles. The Hall–Kier alpha value is -0.970. The van der Waals surface area contributed by atoms with E-state index < -0.39 is 5.76 Å². The molecule has 0 bridgehead atoms. The van der Waals surface area contributed by atoms with Crippen molar-refractivity contribution in [3.63, 3.8) is 0 Å². The number of hydrogen-bond acceptors (Lipinski definition) is 2. The van der Waals surface area contributed by atoms with Gasteiger partial charge in [0.2, 0.25) is 0 Å². The molecule has 0 unspecified atom stereocenters. The number of thioether (sulfide) groups is 1. The Kier molecular flexibility index (Phi) is 5.52. The van der Waals surface area contributed by atoms with Crippen LogP contribution in [0.5, 0.6) is 0 Å². The first-order valence-corrected chi connectivity index (χ1v) is 7.41. The summed E-state index contributed by atoms with van der Waals surface area (Å²) in [7, 11) is 0. The standard InChI is InChI=1S/C14H11Cl2F2NS/c15-10-5-9(6-11(16)7-10)8-19-12-3-1-2-4-13(12)20-14(17)18/h1-7,14,19H,8H2. The number of anilines is 1. The lowest BCUT2D eigenvalue weighted by Crippen LogP contribution is -2.01.